The van der Waals surface area contributed by atoms with Crippen molar-refractivity contribution in [3.8, 4) is 11.5 Å². The number of carbonyl (C=O) groups excluding carboxylic acids is 1. The second-order valence-electron chi connectivity index (χ2n) is 4.80. The number of hydrogen-bond donors (Lipinski definition) is 3. The number of methoxy groups -OCH3 is 2. The van der Waals surface area contributed by atoms with Gasteiger partial charge in [-0.2, -0.15) is 0 Å². The molecule has 0 spiro atoms. The zero-order valence-corrected chi connectivity index (χ0v) is 13.0. The molecule has 8 nitrogen and oxygen atoms in total. The summed E-state index contributed by atoms with van der Waals surface area (Å²) >= 11 is 0. The average Bonchev–Trinajstić information content (AvgIpc) is 2.50. The fourth-order valence-electron chi connectivity index (χ4n) is 2.11. The van der Waals surface area contributed by atoms with Crippen LogP contribution in [0.4, 0.5) is 5.69 Å². The molecule has 0 aliphatic heterocycles. The molecule has 1 aromatic carbocycles. The first-order chi connectivity index (χ1) is 10.9. The minimum absolute atomic E-state index is 0.182. The van der Waals surface area contributed by atoms with Crippen molar-refractivity contribution in [2.75, 3.05) is 19.5 Å². The first kappa shape index (κ1) is 16.3. The maximum atomic E-state index is 12.2. The molecule has 0 saturated carbocycles. The maximum Gasteiger partial charge on any atom is 0.325 e. The van der Waals surface area contributed by atoms with Crippen molar-refractivity contribution < 1.29 is 14.3 Å². The lowest BCUT2D eigenvalue weighted by atomic mass is 10.1. The van der Waals surface area contributed by atoms with Crippen molar-refractivity contribution >= 4 is 11.6 Å². The van der Waals surface area contributed by atoms with E-state index in [1.165, 1.54) is 14.2 Å². The number of anilines is 1. The molecule has 0 radical (unpaired) electrons. The van der Waals surface area contributed by atoms with Crippen LogP contribution in [0.2, 0.25) is 0 Å². The monoisotopic (exact) mass is 319 g/mol. The van der Waals surface area contributed by atoms with Crippen LogP contribution >= 0.6 is 0 Å². The first-order valence-electron chi connectivity index (χ1n) is 6.78. The van der Waals surface area contributed by atoms with Gasteiger partial charge in [-0.1, -0.05) is 0 Å². The molecular weight excluding hydrogens is 302 g/mol. The van der Waals surface area contributed by atoms with Crippen LogP contribution in [-0.2, 0) is 11.2 Å². The van der Waals surface area contributed by atoms with Gasteiger partial charge in [-0.25, -0.2) is 4.79 Å². The Hall–Kier alpha value is -3.03. The Morgan fingerprint density at radius 1 is 1.17 bits per heavy atom. The third kappa shape index (κ3) is 3.79. The minimum Gasteiger partial charge on any atom is -0.497 e. The molecule has 1 aromatic heterocycles. The van der Waals surface area contributed by atoms with E-state index < -0.39 is 17.2 Å². The Labute approximate surface area is 131 Å². The van der Waals surface area contributed by atoms with Gasteiger partial charge < -0.3 is 19.8 Å². The number of nitrogens with one attached hydrogen (secondary N) is 3. The van der Waals surface area contributed by atoms with Gasteiger partial charge in [0.15, 0.2) is 0 Å². The quantitative estimate of drug-likeness (QED) is 0.745. The average molecular weight is 319 g/mol. The number of H-pyrrole nitrogens is 2. The number of aromatic amines is 2. The van der Waals surface area contributed by atoms with Crippen LogP contribution in [0.1, 0.15) is 11.3 Å². The second kappa shape index (κ2) is 6.82. The SMILES string of the molecule is COc1ccc(OC)c(NC(=O)Cc2c(C)[nH]c(=O)[nH]c2=O)c1. The van der Waals surface area contributed by atoms with Gasteiger partial charge in [0.1, 0.15) is 11.5 Å². The predicted octanol–water partition coefficient (Wildman–Crippen LogP) is 0.570. The summed E-state index contributed by atoms with van der Waals surface area (Å²) < 4.78 is 10.3. The van der Waals surface area contributed by atoms with Crippen molar-refractivity contribution in [2.24, 2.45) is 0 Å². The molecule has 3 N–H and O–H groups in total. The molecule has 23 heavy (non-hydrogen) atoms. The summed E-state index contributed by atoms with van der Waals surface area (Å²) in [6.07, 6.45) is -0.182. The lowest BCUT2D eigenvalue weighted by Gasteiger charge is -2.12. The number of hydrogen-bond acceptors (Lipinski definition) is 5. The Balaban J connectivity index is 2.24. The molecule has 122 valence electrons. The largest absolute Gasteiger partial charge is 0.497 e. The van der Waals surface area contributed by atoms with Crippen molar-refractivity contribution in [1.29, 1.82) is 0 Å². The summed E-state index contributed by atoms with van der Waals surface area (Å²) in [5.41, 5.74) is -0.212. The maximum absolute atomic E-state index is 12.2. The van der Waals surface area contributed by atoms with E-state index in [0.29, 0.717) is 22.9 Å². The molecule has 1 amide bonds. The van der Waals surface area contributed by atoms with Crippen LogP contribution in [-0.4, -0.2) is 30.1 Å². The van der Waals surface area contributed by atoms with Crippen LogP contribution in [0, 0.1) is 6.92 Å². The number of aryl methyl sites for hydroxylation is 1. The van der Waals surface area contributed by atoms with Crippen LogP contribution in [0.5, 0.6) is 11.5 Å². The Kier molecular flexibility index (Phi) is 4.85. The molecule has 0 bridgehead atoms. The van der Waals surface area contributed by atoms with Gasteiger partial charge >= 0.3 is 5.69 Å². The topological polar surface area (TPSA) is 113 Å². The molecule has 0 aliphatic rings. The van der Waals surface area contributed by atoms with Crippen molar-refractivity contribution in [3.05, 3.63) is 50.3 Å². The fourth-order valence-corrected chi connectivity index (χ4v) is 2.11. The molecule has 2 rings (SSSR count). The summed E-state index contributed by atoms with van der Waals surface area (Å²) in [6.45, 7) is 1.56. The molecule has 0 unspecified atom stereocenters. The van der Waals surface area contributed by atoms with E-state index in [0.717, 1.165) is 0 Å². The normalized spacial score (nSPS) is 10.2. The van der Waals surface area contributed by atoms with Crippen LogP contribution < -0.4 is 26.0 Å². The Bertz CT molecular complexity index is 838. The number of ether oxygens (including phenoxy) is 2. The zero-order valence-electron chi connectivity index (χ0n) is 13.0. The molecule has 0 atom stereocenters. The van der Waals surface area contributed by atoms with E-state index in [-0.39, 0.29) is 12.0 Å². The lowest BCUT2D eigenvalue weighted by molar-refractivity contribution is -0.115. The Morgan fingerprint density at radius 3 is 2.52 bits per heavy atom. The molecule has 0 saturated heterocycles. The van der Waals surface area contributed by atoms with Crippen molar-refractivity contribution in [3.63, 3.8) is 0 Å². The predicted molar refractivity (Wildman–Crippen MR) is 84.3 cm³/mol. The lowest BCUT2D eigenvalue weighted by Crippen LogP contribution is -2.29. The second-order valence-corrected chi connectivity index (χ2v) is 4.80. The van der Waals surface area contributed by atoms with Crippen LogP contribution in [0.15, 0.2) is 27.8 Å². The van der Waals surface area contributed by atoms with E-state index in [9.17, 15) is 14.4 Å². The standard InChI is InChI=1S/C15H17N3O5/c1-8-10(14(20)18-15(21)16-8)7-13(19)17-11-6-9(22-2)4-5-12(11)23-3/h4-6H,7H2,1-3H3,(H,17,19)(H2,16,18,20,21). The van der Waals surface area contributed by atoms with Gasteiger partial charge in [-0.05, 0) is 19.1 Å². The summed E-state index contributed by atoms with van der Waals surface area (Å²) in [5, 5.41) is 2.66. The van der Waals surface area contributed by atoms with E-state index in [1.807, 2.05) is 0 Å². The highest BCUT2D eigenvalue weighted by atomic mass is 16.5. The fraction of sp³-hybridized carbons (Fsp3) is 0.267. The van der Waals surface area contributed by atoms with E-state index in [2.05, 4.69) is 15.3 Å². The minimum atomic E-state index is -0.605. The van der Waals surface area contributed by atoms with Crippen LogP contribution in [0.3, 0.4) is 0 Å². The van der Waals surface area contributed by atoms with E-state index in [1.54, 1.807) is 25.1 Å². The summed E-state index contributed by atoms with van der Waals surface area (Å²) in [6, 6.07) is 4.97. The third-order valence-electron chi connectivity index (χ3n) is 3.27. The van der Waals surface area contributed by atoms with Crippen molar-refractivity contribution in [1.82, 2.24) is 9.97 Å². The van der Waals surface area contributed by atoms with Gasteiger partial charge in [0, 0.05) is 17.3 Å². The first-order valence-corrected chi connectivity index (χ1v) is 6.78. The van der Waals surface area contributed by atoms with Crippen LogP contribution in [0.25, 0.3) is 0 Å². The molecular formula is C15H17N3O5. The number of rotatable bonds is 5. The van der Waals surface area contributed by atoms with Gasteiger partial charge in [-0.15, -0.1) is 0 Å². The van der Waals surface area contributed by atoms with Gasteiger partial charge in [0.25, 0.3) is 5.56 Å². The third-order valence-corrected chi connectivity index (χ3v) is 3.27. The van der Waals surface area contributed by atoms with Gasteiger partial charge in [-0.3, -0.25) is 14.6 Å². The molecule has 2 aromatic rings. The molecule has 1 heterocycles. The highest BCUT2D eigenvalue weighted by Gasteiger charge is 2.14. The smallest absolute Gasteiger partial charge is 0.325 e. The van der Waals surface area contributed by atoms with E-state index in [4.69, 9.17) is 9.47 Å². The molecule has 0 fully saturated rings. The van der Waals surface area contributed by atoms with Crippen molar-refractivity contribution in [2.45, 2.75) is 13.3 Å². The van der Waals surface area contributed by atoms with Gasteiger partial charge in [0.05, 0.1) is 26.3 Å². The zero-order chi connectivity index (χ0) is 17.0. The molecule has 0 aliphatic carbocycles. The number of carbonyl (C=O) groups is 1. The highest BCUT2D eigenvalue weighted by molar-refractivity contribution is 5.94. The molecule has 8 heteroatoms. The summed E-state index contributed by atoms with van der Waals surface area (Å²) in [5.74, 6) is 0.600. The highest BCUT2D eigenvalue weighted by Crippen LogP contribution is 2.28. The van der Waals surface area contributed by atoms with Gasteiger partial charge in [0.2, 0.25) is 5.91 Å². The number of aromatic nitrogens is 2. The summed E-state index contributed by atoms with van der Waals surface area (Å²) in [4.78, 5) is 39.7. The Morgan fingerprint density at radius 2 is 1.91 bits per heavy atom. The summed E-state index contributed by atoms with van der Waals surface area (Å²) in [7, 11) is 2.99. The van der Waals surface area contributed by atoms with E-state index >= 15 is 0 Å². The number of benzene rings is 1. The number of amides is 1.